The number of anilines is 1. The van der Waals surface area contributed by atoms with Crippen LogP contribution < -0.4 is 5.32 Å². The van der Waals surface area contributed by atoms with Crippen molar-refractivity contribution in [3.63, 3.8) is 0 Å². The van der Waals surface area contributed by atoms with Crippen LogP contribution in [0.15, 0.2) is 54.7 Å². The molecule has 0 fully saturated rings. The quantitative estimate of drug-likeness (QED) is 0.752. The lowest BCUT2D eigenvalue weighted by Crippen LogP contribution is -2.15. The standard InChI is InChI=1S/C19H21N3O2/c1-13(2)22-12-15-10-16(8-9-17(15)21-22)20-19(24)11-18(23)14-6-4-3-5-7-14/h3-10,12-13,18,23H,11H2,1-2H3,(H,20,24). The number of benzene rings is 2. The molecular weight excluding hydrogens is 302 g/mol. The number of aromatic nitrogens is 2. The zero-order chi connectivity index (χ0) is 17.1. The minimum Gasteiger partial charge on any atom is -0.388 e. The first kappa shape index (κ1) is 16.2. The van der Waals surface area contributed by atoms with E-state index in [2.05, 4.69) is 24.3 Å². The lowest BCUT2D eigenvalue weighted by molar-refractivity contribution is -0.118. The van der Waals surface area contributed by atoms with Gasteiger partial charge in [0.1, 0.15) is 0 Å². The summed E-state index contributed by atoms with van der Waals surface area (Å²) in [6.07, 6.45) is 1.18. The van der Waals surface area contributed by atoms with Crippen LogP contribution in [0.25, 0.3) is 10.9 Å². The number of amides is 1. The second-order valence-electron chi connectivity index (χ2n) is 6.16. The van der Waals surface area contributed by atoms with Gasteiger partial charge in [-0.25, -0.2) is 0 Å². The van der Waals surface area contributed by atoms with Crippen molar-refractivity contribution in [1.29, 1.82) is 0 Å². The molecule has 0 spiro atoms. The number of fused-ring (bicyclic) bond motifs is 1. The lowest BCUT2D eigenvalue weighted by atomic mass is 10.1. The van der Waals surface area contributed by atoms with Crippen LogP contribution in [0.1, 0.15) is 38.0 Å². The third kappa shape index (κ3) is 3.63. The van der Waals surface area contributed by atoms with Crippen LogP contribution in [0, 0.1) is 0 Å². The molecule has 0 aliphatic heterocycles. The molecule has 0 saturated heterocycles. The van der Waals surface area contributed by atoms with E-state index >= 15 is 0 Å². The van der Waals surface area contributed by atoms with Gasteiger partial charge >= 0.3 is 0 Å². The van der Waals surface area contributed by atoms with Gasteiger partial charge in [0.15, 0.2) is 0 Å². The van der Waals surface area contributed by atoms with E-state index in [4.69, 9.17) is 0 Å². The normalized spacial score (nSPS) is 12.5. The summed E-state index contributed by atoms with van der Waals surface area (Å²) in [5, 5.41) is 18.4. The number of nitrogens with one attached hydrogen (secondary N) is 1. The molecule has 124 valence electrons. The van der Waals surface area contributed by atoms with E-state index in [1.807, 2.05) is 59.4 Å². The van der Waals surface area contributed by atoms with Gasteiger partial charge in [0.05, 0.1) is 18.0 Å². The predicted octanol–water partition coefficient (Wildman–Crippen LogP) is 3.68. The van der Waals surface area contributed by atoms with Crippen molar-refractivity contribution in [3.8, 4) is 0 Å². The third-order valence-electron chi connectivity index (χ3n) is 3.90. The molecule has 0 radical (unpaired) electrons. The van der Waals surface area contributed by atoms with E-state index in [9.17, 15) is 9.90 Å². The van der Waals surface area contributed by atoms with Crippen LogP contribution in [0.5, 0.6) is 0 Å². The molecule has 1 heterocycles. The number of rotatable bonds is 5. The topological polar surface area (TPSA) is 67.2 Å². The van der Waals surface area contributed by atoms with Gasteiger partial charge in [-0.3, -0.25) is 9.48 Å². The molecule has 0 aliphatic rings. The fourth-order valence-corrected chi connectivity index (χ4v) is 2.57. The monoisotopic (exact) mass is 323 g/mol. The van der Waals surface area contributed by atoms with Crippen LogP contribution in [0.2, 0.25) is 0 Å². The number of carbonyl (C=O) groups excluding carboxylic acids is 1. The molecule has 0 saturated carbocycles. The molecule has 3 rings (SSSR count). The van der Waals surface area contributed by atoms with Gasteiger partial charge in [-0.2, -0.15) is 5.10 Å². The number of hydrogen-bond donors (Lipinski definition) is 2. The lowest BCUT2D eigenvalue weighted by Gasteiger charge is -2.11. The fraction of sp³-hybridized carbons (Fsp3) is 0.263. The predicted molar refractivity (Wildman–Crippen MR) is 94.8 cm³/mol. The van der Waals surface area contributed by atoms with Crippen molar-refractivity contribution in [2.45, 2.75) is 32.4 Å². The van der Waals surface area contributed by atoms with Gasteiger partial charge in [0.25, 0.3) is 0 Å². The van der Waals surface area contributed by atoms with Gasteiger partial charge in [-0.1, -0.05) is 30.3 Å². The summed E-state index contributed by atoms with van der Waals surface area (Å²) in [5.41, 5.74) is 2.34. The highest BCUT2D eigenvalue weighted by Gasteiger charge is 2.13. The molecule has 1 amide bonds. The molecule has 1 atom stereocenters. The summed E-state index contributed by atoms with van der Waals surface area (Å²) in [6.45, 7) is 4.14. The highest BCUT2D eigenvalue weighted by molar-refractivity contribution is 5.93. The van der Waals surface area contributed by atoms with Crippen molar-refractivity contribution in [1.82, 2.24) is 9.78 Å². The highest BCUT2D eigenvalue weighted by Crippen LogP contribution is 2.21. The molecule has 0 aliphatic carbocycles. The van der Waals surface area contributed by atoms with Gasteiger partial charge in [-0.05, 0) is 37.6 Å². The molecule has 1 aromatic heterocycles. The van der Waals surface area contributed by atoms with Gasteiger partial charge in [0.2, 0.25) is 5.91 Å². The van der Waals surface area contributed by atoms with Crippen LogP contribution in [-0.2, 0) is 4.79 Å². The molecule has 2 N–H and O–H groups in total. The van der Waals surface area contributed by atoms with Crippen molar-refractivity contribution in [2.24, 2.45) is 0 Å². The zero-order valence-corrected chi connectivity index (χ0v) is 13.8. The van der Waals surface area contributed by atoms with E-state index in [1.54, 1.807) is 0 Å². The number of aliphatic hydroxyl groups excluding tert-OH is 1. The molecular formula is C19H21N3O2. The van der Waals surface area contributed by atoms with Crippen molar-refractivity contribution < 1.29 is 9.90 Å². The van der Waals surface area contributed by atoms with Crippen LogP contribution >= 0.6 is 0 Å². The summed E-state index contributed by atoms with van der Waals surface area (Å²) >= 11 is 0. The summed E-state index contributed by atoms with van der Waals surface area (Å²) < 4.78 is 1.90. The van der Waals surface area contributed by atoms with Gasteiger partial charge in [0, 0.05) is 23.3 Å². The second-order valence-corrected chi connectivity index (χ2v) is 6.16. The SMILES string of the molecule is CC(C)n1cc2cc(NC(=O)CC(O)c3ccccc3)ccc2n1. The van der Waals surface area contributed by atoms with Crippen molar-refractivity contribution in [2.75, 3.05) is 5.32 Å². The molecule has 5 heteroatoms. The Morgan fingerprint density at radius 1 is 1.21 bits per heavy atom. The molecule has 2 aromatic carbocycles. The molecule has 3 aromatic rings. The smallest absolute Gasteiger partial charge is 0.227 e. The Kier molecular flexibility index (Phi) is 4.62. The van der Waals surface area contributed by atoms with E-state index in [0.29, 0.717) is 5.69 Å². The Balaban J connectivity index is 1.69. The maximum Gasteiger partial charge on any atom is 0.227 e. The number of nitrogens with zero attached hydrogens (tertiary/aromatic N) is 2. The molecule has 0 bridgehead atoms. The largest absolute Gasteiger partial charge is 0.388 e. The summed E-state index contributed by atoms with van der Waals surface area (Å²) in [5.74, 6) is -0.220. The Bertz CT molecular complexity index is 840. The van der Waals surface area contributed by atoms with E-state index in [0.717, 1.165) is 16.5 Å². The van der Waals surface area contributed by atoms with Crippen LogP contribution in [0.4, 0.5) is 5.69 Å². The zero-order valence-electron chi connectivity index (χ0n) is 13.8. The third-order valence-corrected chi connectivity index (χ3v) is 3.90. The maximum atomic E-state index is 12.2. The first-order valence-corrected chi connectivity index (χ1v) is 8.04. The number of hydrogen-bond acceptors (Lipinski definition) is 3. The maximum absolute atomic E-state index is 12.2. The Morgan fingerprint density at radius 3 is 2.67 bits per heavy atom. The minimum atomic E-state index is -0.807. The van der Waals surface area contributed by atoms with Crippen molar-refractivity contribution in [3.05, 3.63) is 60.3 Å². The Morgan fingerprint density at radius 2 is 1.96 bits per heavy atom. The van der Waals surface area contributed by atoms with Gasteiger partial charge in [-0.15, -0.1) is 0 Å². The summed E-state index contributed by atoms with van der Waals surface area (Å²) in [4.78, 5) is 12.2. The average molecular weight is 323 g/mol. The minimum absolute atomic E-state index is 0.0211. The first-order valence-electron chi connectivity index (χ1n) is 8.04. The van der Waals surface area contributed by atoms with E-state index in [-0.39, 0.29) is 18.4 Å². The van der Waals surface area contributed by atoms with Crippen molar-refractivity contribution >= 4 is 22.5 Å². The molecule has 24 heavy (non-hydrogen) atoms. The Labute approximate surface area is 140 Å². The van der Waals surface area contributed by atoms with Crippen LogP contribution in [-0.4, -0.2) is 20.8 Å². The van der Waals surface area contributed by atoms with E-state index < -0.39 is 6.10 Å². The van der Waals surface area contributed by atoms with Gasteiger partial charge < -0.3 is 10.4 Å². The first-order chi connectivity index (χ1) is 11.5. The highest BCUT2D eigenvalue weighted by atomic mass is 16.3. The van der Waals surface area contributed by atoms with Crippen LogP contribution in [0.3, 0.4) is 0 Å². The number of aliphatic hydroxyl groups is 1. The average Bonchev–Trinajstić information content (AvgIpc) is 2.99. The Hall–Kier alpha value is -2.66. The summed E-state index contributed by atoms with van der Waals surface area (Å²) in [7, 11) is 0. The molecule has 5 nitrogen and oxygen atoms in total. The second kappa shape index (κ2) is 6.84. The molecule has 1 unspecified atom stereocenters. The number of carbonyl (C=O) groups is 1. The fourth-order valence-electron chi connectivity index (χ4n) is 2.57. The van der Waals surface area contributed by atoms with E-state index in [1.165, 1.54) is 0 Å². The summed E-state index contributed by atoms with van der Waals surface area (Å²) in [6, 6.07) is 15.1.